The highest BCUT2D eigenvalue weighted by Gasteiger charge is 2.20. The summed E-state index contributed by atoms with van der Waals surface area (Å²) in [6.07, 6.45) is 7.15. The lowest BCUT2D eigenvalue weighted by molar-refractivity contribution is 0.0940. The number of hydrogen-bond donors (Lipinski definition) is 1. The highest BCUT2D eigenvalue weighted by molar-refractivity contribution is 5.94. The van der Waals surface area contributed by atoms with E-state index in [-0.39, 0.29) is 12.0 Å². The van der Waals surface area contributed by atoms with Crippen molar-refractivity contribution in [2.45, 2.75) is 38.5 Å². The average molecular weight is 419 g/mol. The van der Waals surface area contributed by atoms with Gasteiger partial charge in [0.15, 0.2) is 0 Å². The van der Waals surface area contributed by atoms with Crippen LogP contribution in [0.2, 0.25) is 0 Å². The molecule has 0 radical (unpaired) electrons. The first-order valence-electron chi connectivity index (χ1n) is 11.0. The van der Waals surface area contributed by atoms with E-state index in [2.05, 4.69) is 15.3 Å². The van der Waals surface area contributed by atoms with Crippen LogP contribution in [0.4, 0.5) is 0 Å². The van der Waals surface area contributed by atoms with E-state index in [1.165, 1.54) is 0 Å². The van der Waals surface area contributed by atoms with Gasteiger partial charge in [0.25, 0.3) is 5.91 Å². The second kappa shape index (κ2) is 10.8. The van der Waals surface area contributed by atoms with Crippen LogP contribution in [-0.2, 0) is 13.1 Å². The van der Waals surface area contributed by atoms with Crippen LogP contribution in [0, 0.1) is 0 Å². The molecule has 1 N–H and O–H groups in total. The van der Waals surface area contributed by atoms with E-state index in [1.54, 1.807) is 0 Å². The summed E-state index contributed by atoms with van der Waals surface area (Å²) in [5, 5.41) is 7.23. The Labute approximate surface area is 183 Å². The highest BCUT2D eigenvalue weighted by atomic mass is 16.5. The van der Waals surface area contributed by atoms with Crippen molar-refractivity contribution in [3.8, 4) is 5.75 Å². The van der Waals surface area contributed by atoms with Crippen LogP contribution < -0.4 is 10.1 Å². The second-order valence-electron chi connectivity index (χ2n) is 7.98. The summed E-state index contributed by atoms with van der Waals surface area (Å²) in [4.78, 5) is 15.0. The number of hydrogen-bond acceptors (Lipinski definition) is 4. The van der Waals surface area contributed by atoms with Crippen LogP contribution in [0.5, 0.6) is 5.75 Å². The van der Waals surface area contributed by atoms with Crippen LogP contribution in [0.15, 0.2) is 73.1 Å². The lowest BCUT2D eigenvalue weighted by atomic mass is 10.1. The molecule has 1 amide bonds. The summed E-state index contributed by atoms with van der Waals surface area (Å²) < 4.78 is 8.18. The zero-order chi connectivity index (χ0) is 21.3. The summed E-state index contributed by atoms with van der Waals surface area (Å²) in [5.74, 6) is 0.686. The predicted molar refractivity (Wildman–Crippen MR) is 121 cm³/mol. The van der Waals surface area contributed by atoms with E-state index in [0.29, 0.717) is 12.1 Å². The van der Waals surface area contributed by atoms with Gasteiger partial charge >= 0.3 is 0 Å². The molecule has 0 saturated carbocycles. The van der Waals surface area contributed by atoms with Crippen LogP contribution >= 0.6 is 0 Å². The molecule has 6 heteroatoms. The molecule has 1 saturated heterocycles. The first-order valence-corrected chi connectivity index (χ1v) is 11.0. The van der Waals surface area contributed by atoms with Crippen molar-refractivity contribution in [1.29, 1.82) is 0 Å². The van der Waals surface area contributed by atoms with Gasteiger partial charge in [0, 0.05) is 44.1 Å². The van der Waals surface area contributed by atoms with E-state index in [0.717, 1.165) is 56.8 Å². The molecule has 3 aromatic rings. The molecule has 0 unspecified atom stereocenters. The molecule has 162 valence electrons. The Morgan fingerprint density at radius 3 is 2.65 bits per heavy atom. The SMILES string of the molecule is O=C(NCc1ccccc1)c1cccc(OC2CCN(CCCn3cccn3)CC2)c1. The fourth-order valence-corrected chi connectivity index (χ4v) is 3.92. The smallest absolute Gasteiger partial charge is 0.251 e. The largest absolute Gasteiger partial charge is 0.490 e. The first-order chi connectivity index (χ1) is 15.3. The molecule has 0 atom stereocenters. The summed E-state index contributed by atoms with van der Waals surface area (Å²) in [7, 11) is 0. The molecule has 2 aromatic carbocycles. The van der Waals surface area contributed by atoms with Crippen molar-refractivity contribution < 1.29 is 9.53 Å². The zero-order valence-electron chi connectivity index (χ0n) is 17.8. The van der Waals surface area contributed by atoms with E-state index >= 15 is 0 Å². The van der Waals surface area contributed by atoms with Crippen LogP contribution in [0.1, 0.15) is 35.2 Å². The molecule has 6 nitrogen and oxygen atoms in total. The van der Waals surface area contributed by atoms with E-state index in [9.17, 15) is 4.79 Å². The topological polar surface area (TPSA) is 59.4 Å². The number of nitrogens with one attached hydrogen (secondary N) is 1. The van der Waals surface area contributed by atoms with Gasteiger partial charge in [-0.1, -0.05) is 36.4 Å². The van der Waals surface area contributed by atoms with Crippen molar-refractivity contribution >= 4 is 5.91 Å². The van der Waals surface area contributed by atoms with Crippen LogP contribution in [-0.4, -0.2) is 46.3 Å². The van der Waals surface area contributed by atoms with Gasteiger partial charge in [0.1, 0.15) is 11.9 Å². The zero-order valence-corrected chi connectivity index (χ0v) is 17.8. The molecule has 0 aliphatic carbocycles. The summed E-state index contributed by atoms with van der Waals surface area (Å²) in [6.45, 7) is 4.65. The van der Waals surface area contributed by atoms with Crippen LogP contribution in [0.3, 0.4) is 0 Å². The standard InChI is InChI=1S/C25H30N4O2/c30-25(26-20-21-7-2-1-3-8-21)22-9-4-10-24(19-22)31-23-11-17-28(18-12-23)14-6-16-29-15-5-13-27-29/h1-5,7-10,13,15,19,23H,6,11-12,14,16-18,20H2,(H,26,30). The molecule has 0 bridgehead atoms. The summed E-state index contributed by atoms with van der Waals surface area (Å²) in [6, 6.07) is 19.4. The molecule has 4 rings (SSSR count). The van der Waals surface area contributed by atoms with Crippen molar-refractivity contribution in [1.82, 2.24) is 20.0 Å². The molecule has 1 fully saturated rings. The highest BCUT2D eigenvalue weighted by Crippen LogP contribution is 2.20. The van der Waals surface area contributed by atoms with Crippen molar-refractivity contribution in [3.63, 3.8) is 0 Å². The third-order valence-corrected chi connectivity index (χ3v) is 5.65. The number of piperidine rings is 1. The van der Waals surface area contributed by atoms with Gasteiger partial charge in [-0.05, 0) is 55.6 Å². The number of rotatable bonds is 9. The predicted octanol–water partition coefficient (Wildman–Crippen LogP) is 3.75. The molecule has 2 heterocycles. The maximum Gasteiger partial charge on any atom is 0.251 e. The third-order valence-electron chi connectivity index (χ3n) is 5.65. The Kier molecular flexibility index (Phi) is 7.34. The number of aryl methyl sites for hydroxylation is 1. The summed E-state index contributed by atoms with van der Waals surface area (Å²) >= 11 is 0. The fraction of sp³-hybridized carbons (Fsp3) is 0.360. The quantitative estimate of drug-likeness (QED) is 0.575. The maximum atomic E-state index is 12.5. The number of ether oxygens (including phenoxy) is 1. The minimum Gasteiger partial charge on any atom is -0.490 e. The number of carbonyl (C=O) groups is 1. The lowest BCUT2D eigenvalue weighted by Gasteiger charge is -2.32. The normalized spacial score (nSPS) is 15.0. The number of aromatic nitrogens is 2. The number of amides is 1. The van der Waals surface area contributed by atoms with Crippen molar-refractivity contribution in [3.05, 3.63) is 84.2 Å². The number of benzene rings is 2. The van der Waals surface area contributed by atoms with Gasteiger partial charge in [0.05, 0.1) is 0 Å². The monoisotopic (exact) mass is 418 g/mol. The minimum absolute atomic E-state index is 0.0821. The van der Waals surface area contributed by atoms with Crippen molar-refractivity contribution in [2.24, 2.45) is 0 Å². The van der Waals surface area contributed by atoms with Gasteiger partial charge in [-0.15, -0.1) is 0 Å². The Morgan fingerprint density at radius 1 is 1.03 bits per heavy atom. The Morgan fingerprint density at radius 2 is 1.87 bits per heavy atom. The Bertz CT molecular complexity index is 935. The van der Waals surface area contributed by atoms with Gasteiger partial charge in [-0.25, -0.2) is 0 Å². The Hall–Kier alpha value is -3.12. The number of nitrogens with zero attached hydrogens (tertiary/aromatic N) is 3. The molecular weight excluding hydrogens is 388 g/mol. The fourth-order valence-electron chi connectivity index (χ4n) is 3.92. The first kappa shape index (κ1) is 21.1. The average Bonchev–Trinajstić information content (AvgIpc) is 3.33. The van der Waals surface area contributed by atoms with Gasteiger partial charge < -0.3 is 15.0 Å². The second-order valence-corrected chi connectivity index (χ2v) is 7.98. The van der Waals surface area contributed by atoms with E-state index in [1.807, 2.05) is 77.7 Å². The molecule has 31 heavy (non-hydrogen) atoms. The maximum absolute atomic E-state index is 12.5. The van der Waals surface area contributed by atoms with Gasteiger partial charge in [0.2, 0.25) is 0 Å². The molecule has 1 aromatic heterocycles. The van der Waals surface area contributed by atoms with Crippen LogP contribution in [0.25, 0.3) is 0 Å². The Balaban J connectivity index is 1.20. The van der Waals surface area contributed by atoms with Crippen molar-refractivity contribution in [2.75, 3.05) is 19.6 Å². The third kappa shape index (κ3) is 6.43. The molecular formula is C25H30N4O2. The molecule has 1 aliphatic heterocycles. The summed E-state index contributed by atoms with van der Waals surface area (Å²) in [5.41, 5.74) is 1.71. The van der Waals surface area contributed by atoms with Gasteiger partial charge in [-0.3, -0.25) is 9.48 Å². The van der Waals surface area contributed by atoms with E-state index in [4.69, 9.17) is 4.74 Å². The number of likely N-dealkylation sites (tertiary alicyclic amines) is 1. The lowest BCUT2D eigenvalue weighted by Crippen LogP contribution is -2.39. The number of carbonyl (C=O) groups excluding carboxylic acids is 1. The molecule has 1 aliphatic rings. The minimum atomic E-state index is -0.0821. The molecule has 0 spiro atoms. The van der Waals surface area contributed by atoms with Gasteiger partial charge in [-0.2, -0.15) is 5.10 Å². The van der Waals surface area contributed by atoms with E-state index < -0.39 is 0 Å².